The molecular formula is C15H23ClN2O2. The molecule has 1 amide bonds. The maximum Gasteiger partial charge on any atom is 0.258 e. The Labute approximate surface area is 125 Å². The van der Waals surface area contributed by atoms with Gasteiger partial charge in [0.15, 0.2) is 6.61 Å². The van der Waals surface area contributed by atoms with Gasteiger partial charge >= 0.3 is 0 Å². The maximum atomic E-state index is 11.8. The summed E-state index contributed by atoms with van der Waals surface area (Å²) in [6, 6.07) is 5.51. The minimum atomic E-state index is -0.114. The van der Waals surface area contributed by atoms with Crippen molar-refractivity contribution in [3.63, 3.8) is 0 Å². The first-order chi connectivity index (χ1) is 9.43. The van der Waals surface area contributed by atoms with Crippen LogP contribution in [0.15, 0.2) is 18.2 Å². The fraction of sp³-hybridized carbons (Fsp3) is 0.533. The largest absolute Gasteiger partial charge is 0.483 e. The zero-order chi connectivity index (χ0) is 15.1. The lowest BCUT2D eigenvalue weighted by molar-refractivity contribution is -0.124. The van der Waals surface area contributed by atoms with Gasteiger partial charge < -0.3 is 15.4 Å². The standard InChI is InChI=1S/C15H23ClN2O2/c1-10(2)11(3)18-15(19)9-20-14-6-5-13(16)7-12(14)8-17-4/h5-7,10-11,17H,8-9H2,1-4H3,(H,18,19). The lowest BCUT2D eigenvalue weighted by Crippen LogP contribution is -2.39. The number of nitrogens with one attached hydrogen (secondary N) is 2. The maximum absolute atomic E-state index is 11.8. The predicted octanol–water partition coefficient (Wildman–Crippen LogP) is 2.60. The van der Waals surface area contributed by atoms with E-state index in [2.05, 4.69) is 24.5 Å². The molecule has 0 radical (unpaired) electrons. The fourth-order valence-electron chi connectivity index (χ4n) is 1.62. The predicted molar refractivity (Wildman–Crippen MR) is 82.2 cm³/mol. The van der Waals surface area contributed by atoms with E-state index in [0.29, 0.717) is 23.2 Å². The molecule has 0 spiro atoms. The second kappa shape index (κ2) is 8.12. The molecule has 0 heterocycles. The van der Waals surface area contributed by atoms with Crippen molar-refractivity contribution < 1.29 is 9.53 Å². The monoisotopic (exact) mass is 298 g/mol. The second-order valence-electron chi connectivity index (χ2n) is 5.17. The van der Waals surface area contributed by atoms with Crippen LogP contribution in [0.3, 0.4) is 0 Å². The van der Waals surface area contributed by atoms with Gasteiger partial charge in [0.1, 0.15) is 5.75 Å². The number of hydrogen-bond donors (Lipinski definition) is 2. The van der Waals surface area contributed by atoms with Crippen LogP contribution in [0.4, 0.5) is 0 Å². The molecule has 0 saturated carbocycles. The van der Waals surface area contributed by atoms with Gasteiger partial charge in [0.05, 0.1) is 0 Å². The minimum Gasteiger partial charge on any atom is -0.483 e. The van der Waals surface area contributed by atoms with Gasteiger partial charge in [0.25, 0.3) is 5.91 Å². The third-order valence-corrected chi connectivity index (χ3v) is 3.37. The van der Waals surface area contributed by atoms with E-state index >= 15 is 0 Å². The highest BCUT2D eigenvalue weighted by atomic mass is 35.5. The van der Waals surface area contributed by atoms with Crippen LogP contribution in [0.2, 0.25) is 5.02 Å². The summed E-state index contributed by atoms with van der Waals surface area (Å²) in [4.78, 5) is 11.8. The summed E-state index contributed by atoms with van der Waals surface area (Å²) in [5.41, 5.74) is 0.935. The molecule has 112 valence electrons. The first kappa shape index (κ1) is 16.8. The van der Waals surface area contributed by atoms with E-state index < -0.39 is 0 Å². The van der Waals surface area contributed by atoms with Crippen LogP contribution in [0.1, 0.15) is 26.3 Å². The topological polar surface area (TPSA) is 50.4 Å². The number of ether oxygens (including phenoxy) is 1. The molecule has 0 aliphatic rings. The third kappa shape index (κ3) is 5.39. The SMILES string of the molecule is CNCc1cc(Cl)ccc1OCC(=O)NC(C)C(C)C. The average Bonchev–Trinajstić information content (AvgIpc) is 2.38. The van der Waals surface area contributed by atoms with Crippen molar-refractivity contribution >= 4 is 17.5 Å². The first-order valence-electron chi connectivity index (χ1n) is 6.79. The van der Waals surface area contributed by atoms with Crippen LogP contribution in [0, 0.1) is 5.92 Å². The van der Waals surface area contributed by atoms with Crippen LogP contribution < -0.4 is 15.4 Å². The Morgan fingerprint density at radius 3 is 2.65 bits per heavy atom. The Morgan fingerprint density at radius 2 is 2.05 bits per heavy atom. The van der Waals surface area contributed by atoms with Gasteiger partial charge in [0, 0.05) is 23.2 Å². The molecule has 1 unspecified atom stereocenters. The summed E-state index contributed by atoms with van der Waals surface area (Å²) in [6.07, 6.45) is 0. The Hall–Kier alpha value is -1.26. The van der Waals surface area contributed by atoms with E-state index in [1.807, 2.05) is 20.0 Å². The van der Waals surface area contributed by atoms with E-state index in [0.717, 1.165) is 5.56 Å². The first-order valence-corrected chi connectivity index (χ1v) is 7.17. The zero-order valence-corrected chi connectivity index (χ0v) is 13.3. The molecule has 20 heavy (non-hydrogen) atoms. The summed E-state index contributed by atoms with van der Waals surface area (Å²) >= 11 is 5.96. The Bertz CT molecular complexity index is 449. The van der Waals surface area contributed by atoms with E-state index in [9.17, 15) is 4.79 Å². The number of benzene rings is 1. The summed E-state index contributed by atoms with van der Waals surface area (Å²) in [5.74, 6) is 0.960. The highest BCUT2D eigenvalue weighted by molar-refractivity contribution is 6.30. The van der Waals surface area contributed by atoms with E-state index in [4.69, 9.17) is 16.3 Å². The van der Waals surface area contributed by atoms with Crippen LogP contribution in [0.25, 0.3) is 0 Å². The number of halogens is 1. The van der Waals surface area contributed by atoms with Gasteiger partial charge in [0.2, 0.25) is 0 Å². The minimum absolute atomic E-state index is 0.00933. The summed E-state index contributed by atoms with van der Waals surface area (Å²) in [7, 11) is 1.85. The molecule has 1 aromatic rings. The Balaban J connectivity index is 2.59. The number of carbonyl (C=O) groups excluding carboxylic acids is 1. The molecule has 0 aliphatic carbocycles. The third-order valence-electron chi connectivity index (χ3n) is 3.14. The fourth-order valence-corrected chi connectivity index (χ4v) is 1.82. The van der Waals surface area contributed by atoms with Gasteiger partial charge in [-0.15, -0.1) is 0 Å². The summed E-state index contributed by atoms with van der Waals surface area (Å²) in [5, 5.41) is 6.61. The molecule has 0 saturated heterocycles. The second-order valence-corrected chi connectivity index (χ2v) is 5.61. The Morgan fingerprint density at radius 1 is 1.35 bits per heavy atom. The molecule has 1 atom stereocenters. The smallest absolute Gasteiger partial charge is 0.258 e. The number of amides is 1. The van der Waals surface area contributed by atoms with Crippen molar-refractivity contribution in [2.24, 2.45) is 5.92 Å². The van der Waals surface area contributed by atoms with Crippen molar-refractivity contribution in [3.8, 4) is 5.75 Å². The van der Waals surface area contributed by atoms with Crippen molar-refractivity contribution in [1.82, 2.24) is 10.6 Å². The molecule has 0 aromatic heterocycles. The van der Waals surface area contributed by atoms with Crippen LogP contribution >= 0.6 is 11.6 Å². The van der Waals surface area contributed by atoms with Gasteiger partial charge in [-0.05, 0) is 38.1 Å². The summed E-state index contributed by atoms with van der Waals surface area (Å²) < 4.78 is 5.58. The van der Waals surface area contributed by atoms with E-state index in [1.54, 1.807) is 12.1 Å². The van der Waals surface area contributed by atoms with E-state index in [1.165, 1.54) is 0 Å². The van der Waals surface area contributed by atoms with Crippen LogP contribution in [0.5, 0.6) is 5.75 Å². The summed E-state index contributed by atoms with van der Waals surface area (Å²) in [6.45, 7) is 6.76. The van der Waals surface area contributed by atoms with E-state index in [-0.39, 0.29) is 18.6 Å². The quantitative estimate of drug-likeness (QED) is 0.813. The normalized spacial score (nSPS) is 12.3. The average molecular weight is 299 g/mol. The number of rotatable bonds is 7. The van der Waals surface area contributed by atoms with Crippen molar-refractivity contribution in [2.75, 3.05) is 13.7 Å². The Kier molecular flexibility index (Phi) is 6.82. The van der Waals surface area contributed by atoms with Gasteiger partial charge in [-0.1, -0.05) is 25.4 Å². The lowest BCUT2D eigenvalue weighted by Gasteiger charge is -2.18. The molecule has 4 nitrogen and oxygen atoms in total. The molecule has 0 aliphatic heterocycles. The highest BCUT2D eigenvalue weighted by Crippen LogP contribution is 2.22. The lowest BCUT2D eigenvalue weighted by atomic mass is 10.1. The van der Waals surface area contributed by atoms with Crippen molar-refractivity contribution in [1.29, 1.82) is 0 Å². The molecule has 5 heteroatoms. The van der Waals surface area contributed by atoms with Crippen molar-refractivity contribution in [2.45, 2.75) is 33.4 Å². The van der Waals surface area contributed by atoms with Crippen molar-refractivity contribution in [3.05, 3.63) is 28.8 Å². The number of carbonyl (C=O) groups is 1. The van der Waals surface area contributed by atoms with Crippen LogP contribution in [-0.2, 0) is 11.3 Å². The zero-order valence-electron chi connectivity index (χ0n) is 12.5. The molecule has 0 bridgehead atoms. The van der Waals surface area contributed by atoms with Crippen LogP contribution in [-0.4, -0.2) is 25.6 Å². The number of hydrogen-bond acceptors (Lipinski definition) is 3. The van der Waals surface area contributed by atoms with Gasteiger partial charge in [-0.25, -0.2) is 0 Å². The van der Waals surface area contributed by atoms with Gasteiger partial charge in [-0.2, -0.15) is 0 Å². The molecule has 0 fully saturated rings. The molecule has 1 aromatic carbocycles. The molecular weight excluding hydrogens is 276 g/mol. The van der Waals surface area contributed by atoms with Gasteiger partial charge in [-0.3, -0.25) is 4.79 Å². The highest BCUT2D eigenvalue weighted by Gasteiger charge is 2.12. The molecule has 1 rings (SSSR count). The molecule has 2 N–H and O–H groups in total.